The van der Waals surface area contributed by atoms with Gasteiger partial charge in [0.2, 0.25) is 0 Å². The summed E-state index contributed by atoms with van der Waals surface area (Å²) in [7, 11) is 0. The van der Waals surface area contributed by atoms with E-state index >= 15 is 0 Å². The van der Waals surface area contributed by atoms with Crippen LogP contribution in [0.25, 0.3) is 10.9 Å². The van der Waals surface area contributed by atoms with Crippen molar-refractivity contribution in [2.45, 2.75) is 10.4 Å². The number of hydrogen-bond acceptors (Lipinski definition) is 7. The normalized spacial score (nSPS) is 11.3. The van der Waals surface area contributed by atoms with Gasteiger partial charge in [-0.1, -0.05) is 0 Å². The molecule has 0 saturated carbocycles. The van der Waals surface area contributed by atoms with Gasteiger partial charge in [0.15, 0.2) is 0 Å². The first-order valence-corrected chi connectivity index (χ1v) is 9.31. The third-order valence-corrected chi connectivity index (χ3v) is 4.62. The summed E-state index contributed by atoms with van der Waals surface area (Å²) in [6.45, 7) is 0.459. The molecule has 0 radical (unpaired) electrons. The number of aromatic nitrogens is 2. The monoisotopic (exact) mass is 437 g/mol. The molecule has 0 bridgehead atoms. The molecule has 12 heteroatoms. The largest absolute Gasteiger partial charge is 0.446 e. The lowest BCUT2D eigenvalue weighted by molar-refractivity contribution is -0.384. The number of nitro benzene ring substituents is 1. The zero-order valence-electron chi connectivity index (χ0n) is 15.1. The van der Waals surface area contributed by atoms with Gasteiger partial charge in [-0.25, -0.2) is 9.97 Å². The first-order chi connectivity index (χ1) is 14.2. The van der Waals surface area contributed by atoms with Crippen molar-refractivity contribution in [1.82, 2.24) is 15.3 Å². The SMILES string of the molecule is O=C(NCCNc1ncnc2ccc([N+](=O)[O-])cc12)c1ccc(SC(F)(F)F)cc1. The van der Waals surface area contributed by atoms with Crippen molar-refractivity contribution in [3.05, 3.63) is 64.5 Å². The van der Waals surface area contributed by atoms with Gasteiger partial charge in [0.05, 0.1) is 10.4 Å². The van der Waals surface area contributed by atoms with Crippen LogP contribution < -0.4 is 10.6 Å². The lowest BCUT2D eigenvalue weighted by Gasteiger charge is -2.10. The van der Waals surface area contributed by atoms with Crippen molar-refractivity contribution >= 4 is 40.1 Å². The van der Waals surface area contributed by atoms with Gasteiger partial charge in [-0.05, 0) is 42.1 Å². The molecule has 3 aromatic rings. The minimum absolute atomic E-state index is 0.00884. The van der Waals surface area contributed by atoms with Crippen molar-refractivity contribution in [3.8, 4) is 0 Å². The summed E-state index contributed by atoms with van der Waals surface area (Å²) in [5, 5.41) is 17.0. The topological polar surface area (TPSA) is 110 Å². The molecule has 0 fully saturated rings. The molecule has 8 nitrogen and oxygen atoms in total. The fourth-order valence-electron chi connectivity index (χ4n) is 2.57. The maximum atomic E-state index is 12.3. The van der Waals surface area contributed by atoms with Gasteiger partial charge >= 0.3 is 5.51 Å². The number of halogens is 3. The molecule has 156 valence electrons. The number of thioether (sulfide) groups is 1. The second-order valence-electron chi connectivity index (χ2n) is 5.94. The Morgan fingerprint density at radius 2 is 1.83 bits per heavy atom. The Hall–Kier alpha value is -3.41. The van der Waals surface area contributed by atoms with E-state index in [0.717, 1.165) is 0 Å². The number of nitro groups is 1. The first kappa shape index (κ1) is 21.3. The Kier molecular flexibility index (Phi) is 6.35. The van der Waals surface area contributed by atoms with Crippen molar-refractivity contribution in [3.63, 3.8) is 0 Å². The van der Waals surface area contributed by atoms with E-state index in [-0.39, 0.29) is 41.0 Å². The molecule has 0 aliphatic rings. The number of nitrogens with one attached hydrogen (secondary N) is 2. The molecule has 1 heterocycles. The summed E-state index contributed by atoms with van der Waals surface area (Å²) >= 11 is -0.252. The number of nitrogens with zero attached hydrogens (tertiary/aromatic N) is 3. The molecule has 2 aromatic carbocycles. The van der Waals surface area contributed by atoms with Crippen LogP contribution in [0.15, 0.2) is 53.7 Å². The van der Waals surface area contributed by atoms with Crippen LogP contribution in [0.5, 0.6) is 0 Å². The quantitative estimate of drug-likeness (QED) is 0.249. The Morgan fingerprint density at radius 3 is 2.50 bits per heavy atom. The molecule has 3 rings (SSSR count). The van der Waals surface area contributed by atoms with Crippen molar-refractivity contribution in [1.29, 1.82) is 0 Å². The summed E-state index contributed by atoms with van der Waals surface area (Å²) in [5.41, 5.74) is -3.73. The van der Waals surface area contributed by atoms with Crippen LogP contribution in [0.3, 0.4) is 0 Å². The third kappa shape index (κ3) is 5.56. The van der Waals surface area contributed by atoms with E-state index in [9.17, 15) is 28.1 Å². The number of fused-ring (bicyclic) bond motifs is 1. The van der Waals surface area contributed by atoms with E-state index in [4.69, 9.17) is 0 Å². The van der Waals surface area contributed by atoms with E-state index in [1.807, 2.05) is 0 Å². The summed E-state index contributed by atoms with van der Waals surface area (Å²) in [6.07, 6.45) is 1.32. The van der Waals surface area contributed by atoms with Crippen LogP contribution in [0.1, 0.15) is 10.4 Å². The maximum absolute atomic E-state index is 12.3. The van der Waals surface area contributed by atoms with Crippen molar-refractivity contribution in [2.24, 2.45) is 0 Å². The van der Waals surface area contributed by atoms with Crippen LogP contribution in [-0.4, -0.2) is 39.4 Å². The molecule has 0 unspecified atom stereocenters. The highest BCUT2D eigenvalue weighted by Gasteiger charge is 2.29. The fourth-order valence-corrected chi connectivity index (χ4v) is 3.11. The minimum Gasteiger partial charge on any atom is -0.368 e. The molecule has 0 aliphatic heterocycles. The summed E-state index contributed by atoms with van der Waals surface area (Å²) in [5.74, 6) is -0.0602. The Balaban J connectivity index is 1.56. The predicted octanol–water partition coefficient (Wildman–Crippen LogP) is 3.99. The highest BCUT2D eigenvalue weighted by atomic mass is 32.2. The number of anilines is 1. The van der Waals surface area contributed by atoms with Crippen LogP contribution in [-0.2, 0) is 0 Å². The number of hydrogen-bond donors (Lipinski definition) is 2. The minimum atomic E-state index is -4.39. The molecule has 0 atom stereocenters. The van der Waals surface area contributed by atoms with Crippen molar-refractivity contribution < 1.29 is 22.9 Å². The average Bonchev–Trinajstić information content (AvgIpc) is 2.70. The summed E-state index contributed by atoms with van der Waals surface area (Å²) in [4.78, 5) is 30.7. The smallest absolute Gasteiger partial charge is 0.368 e. The van der Waals surface area contributed by atoms with Crippen molar-refractivity contribution in [2.75, 3.05) is 18.4 Å². The number of rotatable bonds is 7. The number of carbonyl (C=O) groups excluding carboxylic acids is 1. The van der Waals surface area contributed by atoms with Gasteiger partial charge in [0, 0.05) is 41.1 Å². The molecule has 0 saturated heterocycles. The number of non-ortho nitro benzene ring substituents is 1. The van der Waals surface area contributed by atoms with E-state index in [1.165, 1.54) is 48.8 Å². The second kappa shape index (κ2) is 8.95. The van der Waals surface area contributed by atoms with Gasteiger partial charge in [-0.2, -0.15) is 13.2 Å². The number of carbonyl (C=O) groups is 1. The molecule has 1 amide bonds. The predicted molar refractivity (Wildman–Crippen MR) is 105 cm³/mol. The number of alkyl halides is 3. The van der Waals surface area contributed by atoms with E-state index in [0.29, 0.717) is 16.7 Å². The number of amides is 1. The molecular weight excluding hydrogens is 423 g/mol. The van der Waals surface area contributed by atoms with Crippen LogP contribution >= 0.6 is 11.8 Å². The zero-order chi connectivity index (χ0) is 21.7. The van der Waals surface area contributed by atoms with E-state index in [2.05, 4.69) is 20.6 Å². The van der Waals surface area contributed by atoms with Gasteiger partial charge in [0.1, 0.15) is 12.1 Å². The Morgan fingerprint density at radius 1 is 1.10 bits per heavy atom. The molecule has 30 heavy (non-hydrogen) atoms. The summed E-state index contributed by atoms with van der Waals surface area (Å²) < 4.78 is 37.0. The lowest BCUT2D eigenvalue weighted by Crippen LogP contribution is -2.28. The molecule has 2 N–H and O–H groups in total. The second-order valence-corrected chi connectivity index (χ2v) is 7.07. The Labute approximate surface area is 172 Å². The average molecular weight is 437 g/mol. The zero-order valence-corrected chi connectivity index (χ0v) is 16.0. The third-order valence-electron chi connectivity index (χ3n) is 3.88. The maximum Gasteiger partial charge on any atom is 0.446 e. The molecule has 0 spiro atoms. The van der Waals surface area contributed by atoms with Gasteiger partial charge in [-0.15, -0.1) is 0 Å². The summed E-state index contributed by atoms with van der Waals surface area (Å²) in [6, 6.07) is 9.30. The first-order valence-electron chi connectivity index (χ1n) is 8.50. The fraction of sp³-hybridized carbons (Fsp3) is 0.167. The highest BCUT2D eigenvalue weighted by molar-refractivity contribution is 8.00. The van der Waals surface area contributed by atoms with Crippen LogP contribution in [0.4, 0.5) is 24.7 Å². The molecular formula is C18H14F3N5O3S. The van der Waals surface area contributed by atoms with E-state index < -0.39 is 16.3 Å². The lowest BCUT2D eigenvalue weighted by atomic mass is 10.2. The molecule has 0 aliphatic carbocycles. The van der Waals surface area contributed by atoms with Gasteiger partial charge in [0.25, 0.3) is 11.6 Å². The molecule has 1 aromatic heterocycles. The van der Waals surface area contributed by atoms with E-state index in [1.54, 1.807) is 0 Å². The number of benzene rings is 2. The van der Waals surface area contributed by atoms with Gasteiger partial charge in [-0.3, -0.25) is 14.9 Å². The Bertz CT molecular complexity index is 1080. The standard InChI is InChI=1S/C18H14F3N5O3S/c19-18(20,21)30-13-4-1-11(2-5-13)17(27)23-8-7-22-16-14-9-12(26(28)29)3-6-15(14)24-10-25-16/h1-6,9-10H,7-8H2,(H,23,27)(H,22,24,25). The van der Waals surface area contributed by atoms with Crippen LogP contribution in [0.2, 0.25) is 0 Å². The van der Waals surface area contributed by atoms with Gasteiger partial charge < -0.3 is 10.6 Å². The highest BCUT2D eigenvalue weighted by Crippen LogP contribution is 2.36. The van der Waals surface area contributed by atoms with Crippen LogP contribution in [0, 0.1) is 10.1 Å².